The first-order chi connectivity index (χ1) is 12.3. The molecule has 2 rings (SSSR count). The molecule has 8 heteroatoms. The monoisotopic (exact) mass is 401 g/mol. The maximum atomic E-state index is 13.7. The fourth-order valence-corrected chi connectivity index (χ4v) is 2.90. The van der Waals surface area contributed by atoms with Gasteiger partial charge < -0.3 is 10.1 Å². The summed E-state index contributed by atoms with van der Waals surface area (Å²) < 4.78 is 31.3. The molecule has 0 radical (unpaired) electrons. The summed E-state index contributed by atoms with van der Waals surface area (Å²) in [5.41, 5.74) is 0.475. The number of halogens is 4. The summed E-state index contributed by atoms with van der Waals surface area (Å²) in [7, 11) is 1.18. The molecule has 4 nitrogen and oxygen atoms in total. The lowest BCUT2D eigenvalue weighted by atomic mass is 10.0. The molecule has 2 aromatic rings. The molecule has 2 aromatic carbocycles. The minimum atomic E-state index is -1.06. The summed E-state index contributed by atoms with van der Waals surface area (Å²) in [5, 5.41) is 3.15. The van der Waals surface area contributed by atoms with Gasteiger partial charge in [0, 0.05) is 22.5 Å². The van der Waals surface area contributed by atoms with Crippen LogP contribution < -0.4 is 5.32 Å². The number of carbonyl (C=O) groups excluding carboxylic acids is 2. The molecule has 1 N–H and O–H groups in total. The second-order valence-electron chi connectivity index (χ2n) is 5.46. The van der Waals surface area contributed by atoms with Crippen molar-refractivity contribution in [2.75, 3.05) is 7.11 Å². The van der Waals surface area contributed by atoms with Crippen LogP contribution in [0.25, 0.3) is 0 Å². The molecule has 0 heterocycles. The number of esters is 1. The van der Waals surface area contributed by atoms with Crippen LogP contribution in [-0.4, -0.2) is 25.0 Å². The molecule has 0 bridgehead atoms. The predicted octanol–water partition coefficient (Wildman–Crippen LogP) is 3.71. The van der Waals surface area contributed by atoms with Crippen LogP contribution in [0.2, 0.25) is 10.0 Å². The van der Waals surface area contributed by atoms with E-state index in [1.54, 1.807) is 18.2 Å². The Balaban J connectivity index is 2.14. The minimum Gasteiger partial charge on any atom is -0.467 e. The normalized spacial score (nSPS) is 11.7. The summed E-state index contributed by atoms with van der Waals surface area (Å²) in [6.45, 7) is 0. The Morgan fingerprint density at radius 1 is 1.15 bits per heavy atom. The van der Waals surface area contributed by atoms with Gasteiger partial charge in [0.2, 0.25) is 5.91 Å². The average Bonchev–Trinajstić information content (AvgIpc) is 2.59. The van der Waals surface area contributed by atoms with Gasteiger partial charge in [-0.2, -0.15) is 0 Å². The second kappa shape index (κ2) is 8.96. The highest BCUT2D eigenvalue weighted by atomic mass is 35.5. The Morgan fingerprint density at radius 3 is 2.38 bits per heavy atom. The van der Waals surface area contributed by atoms with Crippen molar-refractivity contribution in [3.05, 3.63) is 69.2 Å². The number of hydrogen-bond donors (Lipinski definition) is 1. The van der Waals surface area contributed by atoms with Crippen LogP contribution in [0.5, 0.6) is 0 Å². The van der Waals surface area contributed by atoms with Crippen LogP contribution in [0.1, 0.15) is 11.1 Å². The van der Waals surface area contributed by atoms with E-state index in [4.69, 9.17) is 27.9 Å². The van der Waals surface area contributed by atoms with Crippen molar-refractivity contribution in [2.45, 2.75) is 18.9 Å². The van der Waals surface area contributed by atoms with Gasteiger partial charge in [-0.3, -0.25) is 4.79 Å². The van der Waals surface area contributed by atoms with Crippen LogP contribution in [0, 0.1) is 11.6 Å². The number of carbonyl (C=O) groups is 2. The Bertz CT molecular complexity index is 810. The highest BCUT2D eigenvalue weighted by Gasteiger charge is 2.24. The van der Waals surface area contributed by atoms with E-state index in [2.05, 4.69) is 5.32 Å². The molecular formula is C18H15Cl2F2NO3. The van der Waals surface area contributed by atoms with Crippen molar-refractivity contribution >= 4 is 35.1 Å². The quantitative estimate of drug-likeness (QED) is 0.750. The van der Waals surface area contributed by atoms with Gasteiger partial charge in [0.1, 0.15) is 17.7 Å². The molecule has 0 aliphatic heterocycles. The van der Waals surface area contributed by atoms with Crippen molar-refractivity contribution in [1.82, 2.24) is 5.32 Å². The molecule has 0 unspecified atom stereocenters. The number of ether oxygens (including phenoxy) is 1. The third-order valence-electron chi connectivity index (χ3n) is 3.66. The van der Waals surface area contributed by atoms with Crippen molar-refractivity contribution in [1.29, 1.82) is 0 Å². The Hall–Kier alpha value is -2.18. The van der Waals surface area contributed by atoms with Gasteiger partial charge in [-0.25, -0.2) is 13.6 Å². The first-order valence-corrected chi connectivity index (χ1v) is 8.31. The lowest BCUT2D eigenvalue weighted by Crippen LogP contribution is -2.43. The summed E-state index contributed by atoms with van der Waals surface area (Å²) in [4.78, 5) is 24.2. The fourth-order valence-electron chi connectivity index (χ4n) is 2.35. The third-order valence-corrected chi connectivity index (χ3v) is 4.37. The first-order valence-electron chi connectivity index (χ1n) is 7.55. The van der Waals surface area contributed by atoms with Crippen LogP contribution in [0.3, 0.4) is 0 Å². The van der Waals surface area contributed by atoms with Gasteiger partial charge >= 0.3 is 5.97 Å². The summed E-state index contributed by atoms with van der Waals surface area (Å²) >= 11 is 12.2. The summed E-state index contributed by atoms with van der Waals surface area (Å²) in [5.74, 6) is -2.92. The molecule has 1 amide bonds. The van der Waals surface area contributed by atoms with Gasteiger partial charge in [-0.05, 0) is 29.3 Å². The largest absolute Gasteiger partial charge is 0.467 e. The lowest BCUT2D eigenvalue weighted by Gasteiger charge is -2.18. The van der Waals surface area contributed by atoms with E-state index in [-0.39, 0.29) is 18.4 Å². The first kappa shape index (κ1) is 20.1. The molecule has 0 saturated heterocycles. The molecule has 138 valence electrons. The van der Waals surface area contributed by atoms with Gasteiger partial charge in [0.25, 0.3) is 0 Å². The fraction of sp³-hybridized carbons (Fsp3) is 0.222. The van der Waals surface area contributed by atoms with Crippen LogP contribution in [-0.2, 0) is 27.2 Å². The second-order valence-corrected chi connectivity index (χ2v) is 6.27. The van der Waals surface area contributed by atoms with Crippen LogP contribution in [0.4, 0.5) is 8.78 Å². The Kier molecular flexibility index (Phi) is 6.94. The molecule has 0 aliphatic rings. The molecule has 0 fully saturated rings. The molecule has 1 atom stereocenters. The molecule has 0 saturated carbocycles. The van der Waals surface area contributed by atoms with E-state index in [9.17, 15) is 18.4 Å². The van der Waals surface area contributed by atoms with Gasteiger partial charge in [-0.15, -0.1) is 0 Å². The highest BCUT2D eigenvalue weighted by molar-refractivity contribution is 6.36. The van der Waals surface area contributed by atoms with Crippen LogP contribution >= 0.6 is 23.2 Å². The zero-order valence-electron chi connectivity index (χ0n) is 13.7. The van der Waals surface area contributed by atoms with Gasteiger partial charge in [0.05, 0.1) is 13.5 Å². The highest BCUT2D eigenvalue weighted by Crippen LogP contribution is 2.25. The van der Waals surface area contributed by atoms with E-state index in [0.717, 1.165) is 6.07 Å². The van der Waals surface area contributed by atoms with E-state index in [1.807, 2.05) is 0 Å². The number of nitrogens with one attached hydrogen (secondary N) is 1. The number of hydrogen-bond acceptors (Lipinski definition) is 3. The van der Waals surface area contributed by atoms with E-state index >= 15 is 0 Å². The van der Waals surface area contributed by atoms with Crippen molar-refractivity contribution in [3.63, 3.8) is 0 Å². The maximum Gasteiger partial charge on any atom is 0.328 e. The molecular weight excluding hydrogens is 387 g/mol. The molecule has 26 heavy (non-hydrogen) atoms. The maximum absolute atomic E-state index is 13.7. The van der Waals surface area contributed by atoms with Crippen molar-refractivity contribution in [2.24, 2.45) is 0 Å². The zero-order chi connectivity index (χ0) is 19.3. The number of rotatable bonds is 6. The molecule has 0 aliphatic carbocycles. The van der Waals surface area contributed by atoms with Gasteiger partial charge in [0.15, 0.2) is 0 Å². The van der Waals surface area contributed by atoms with Crippen molar-refractivity contribution < 1.29 is 23.1 Å². The molecule has 0 spiro atoms. The zero-order valence-corrected chi connectivity index (χ0v) is 15.2. The van der Waals surface area contributed by atoms with Crippen molar-refractivity contribution in [3.8, 4) is 0 Å². The SMILES string of the molecule is COC(=O)[C@H](Cc1c(Cl)cccc1Cl)NC(=O)Cc1ccc(F)cc1F. The Labute approximate surface area is 159 Å². The standard InChI is InChI=1S/C18H15Cl2F2NO3/c1-26-18(25)16(9-12-13(19)3-2-4-14(12)20)23-17(24)7-10-5-6-11(21)8-15(10)22/h2-6,8,16H,7,9H2,1H3,(H,23,24)/t16-/m0/s1. The topological polar surface area (TPSA) is 55.4 Å². The average molecular weight is 402 g/mol. The number of benzene rings is 2. The third kappa shape index (κ3) is 5.16. The van der Waals surface area contributed by atoms with Gasteiger partial charge in [-0.1, -0.05) is 35.3 Å². The van der Waals surface area contributed by atoms with E-state index in [0.29, 0.717) is 21.7 Å². The molecule has 0 aromatic heterocycles. The van der Waals surface area contributed by atoms with Crippen LogP contribution in [0.15, 0.2) is 36.4 Å². The smallest absolute Gasteiger partial charge is 0.328 e. The number of amides is 1. The Morgan fingerprint density at radius 2 is 1.81 bits per heavy atom. The minimum absolute atomic E-state index is 0.00280. The van der Waals surface area contributed by atoms with E-state index < -0.39 is 29.6 Å². The predicted molar refractivity (Wildman–Crippen MR) is 94.2 cm³/mol. The summed E-state index contributed by atoms with van der Waals surface area (Å²) in [6, 6.07) is 6.70. The van der Waals surface area contributed by atoms with E-state index in [1.165, 1.54) is 13.2 Å². The number of methoxy groups -OCH3 is 1. The summed E-state index contributed by atoms with van der Waals surface area (Å²) in [6.07, 6.45) is -0.362. The lowest BCUT2D eigenvalue weighted by molar-refractivity contribution is -0.145.